The molecule has 2 heterocycles. The van der Waals surface area contributed by atoms with Gasteiger partial charge in [-0.25, -0.2) is 4.98 Å². The van der Waals surface area contributed by atoms with E-state index in [-0.39, 0.29) is 11.3 Å². The van der Waals surface area contributed by atoms with Crippen molar-refractivity contribution in [1.29, 1.82) is 0 Å². The molecule has 7 nitrogen and oxygen atoms in total. The molecule has 4 rings (SSSR count). The number of hydrogen-bond donors (Lipinski definition) is 1. The SMILES string of the molecule is COc1cc(OC)cc(C(=O)Nc2cc(C)nn2-c2nc3ccc(C(C)(C)C)cc3s2)c1. The van der Waals surface area contributed by atoms with Crippen molar-refractivity contribution < 1.29 is 14.3 Å². The predicted molar refractivity (Wildman–Crippen MR) is 128 cm³/mol. The van der Waals surface area contributed by atoms with Gasteiger partial charge in [0.2, 0.25) is 5.13 Å². The van der Waals surface area contributed by atoms with Gasteiger partial charge in [0.1, 0.15) is 17.3 Å². The molecule has 2 aromatic heterocycles. The average molecular weight is 451 g/mol. The standard InChI is InChI=1S/C24H26N4O3S/c1-14-9-21(26-22(29)15-10-17(30-5)13-18(11-15)31-6)28(27-14)23-25-19-8-7-16(24(2,3)4)12-20(19)32-23/h7-13H,1-6H3,(H,26,29). The molecular formula is C24H26N4O3S. The third-order valence-electron chi connectivity index (χ3n) is 5.11. The van der Waals surface area contributed by atoms with Crippen LogP contribution in [0, 0.1) is 6.92 Å². The summed E-state index contributed by atoms with van der Waals surface area (Å²) in [4.78, 5) is 17.7. The lowest BCUT2D eigenvalue weighted by atomic mass is 9.87. The molecule has 0 aliphatic rings. The van der Waals surface area contributed by atoms with Gasteiger partial charge in [-0.3, -0.25) is 4.79 Å². The van der Waals surface area contributed by atoms with E-state index in [1.54, 1.807) is 48.4 Å². The molecular weight excluding hydrogens is 424 g/mol. The normalized spacial score (nSPS) is 11.6. The summed E-state index contributed by atoms with van der Waals surface area (Å²) in [6, 6.07) is 13.2. The second-order valence-corrected chi connectivity index (χ2v) is 9.58. The molecule has 0 atom stereocenters. The second kappa shape index (κ2) is 8.27. The van der Waals surface area contributed by atoms with Crippen molar-refractivity contribution in [2.75, 3.05) is 19.5 Å². The topological polar surface area (TPSA) is 78.3 Å². The first kappa shape index (κ1) is 21.8. The van der Waals surface area contributed by atoms with E-state index >= 15 is 0 Å². The summed E-state index contributed by atoms with van der Waals surface area (Å²) in [6.45, 7) is 8.45. The van der Waals surface area contributed by atoms with Crippen molar-refractivity contribution in [1.82, 2.24) is 14.8 Å². The molecule has 0 unspecified atom stereocenters. The zero-order chi connectivity index (χ0) is 23.0. The summed E-state index contributed by atoms with van der Waals surface area (Å²) in [5.74, 6) is 1.34. The number of anilines is 1. The minimum Gasteiger partial charge on any atom is -0.497 e. The Balaban J connectivity index is 1.68. The molecule has 1 amide bonds. The van der Waals surface area contributed by atoms with Crippen molar-refractivity contribution in [2.24, 2.45) is 0 Å². The van der Waals surface area contributed by atoms with Crippen LogP contribution in [0.2, 0.25) is 0 Å². The molecule has 0 bridgehead atoms. The van der Waals surface area contributed by atoms with Crippen molar-refractivity contribution in [3.63, 3.8) is 0 Å². The molecule has 0 saturated heterocycles. The van der Waals surface area contributed by atoms with Crippen LogP contribution in [0.5, 0.6) is 11.5 Å². The van der Waals surface area contributed by atoms with Gasteiger partial charge in [0, 0.05) is 17.7 Å². The number of benzene rings is 2. The van der Waals surface area contributed by atoms with Crippen LogP contribution in [0.4, 0.5) is 5.82 Å². The van der Waals surface area contributed by atoms with E-state index in [2.05, 4.69) is 43.3 Å². The number of aromatic nitrogens is 3. The van der Waals surface area contributed by atoms with E-state index in [1.165, 1.54) is 5.56 Å². The van der Waals surface area contributed by atoms with Gasteiger partial charge in [0.25, 0.3) is 5.91 Å². The Labute approximate surface area is 191 Å². The van der Waals surface area contributed by atoms with Gasteiger partial charge in [-0.2, -0.15) is 9.78 Å². The number of thiazole rings is 1. The van der Waals surface area contributed by atoms with E-state index < -0.39 is 0 Å². The van der Waals surface area contributed by atoms with Gasteiger partial charge < -0.3 is 14.8 Å². The monoisotopic (exact) mass is 450 g/mol. The highest BCUT2D eigenvalue weighted by molar-refractivity contribution is 7.20. The maximum Gasteiger partial charge on any atom is 0.257 e. The molecule has 0 aliphatic carbocycles. The first-order valence-corrected chi connectivity index (χ1v) is 11.0. The van der Waals surface area contributed by atoms with Crippen LogP contribution in [-0.2, 0) is 5.41 Å². The zero-order valence-corrected chi connectivity index (χ0v) is 19.8. The molecule has 0 fully saturated rings. The number of methoxy groups -OCH3 is 2. The van der Waals surface area contributed by atoms with Crippen molar-refractivity contribution >= 4 is 33.3 Å². The first-order chi connectivity index (χ1) is 15.2. The molecule has 1 N–H and O–H groups in total. The van der Waals surface area contributed by atoms with E-state index in [9.17, 15) is 4.79 Å². The molecule has 32 heavy (non-hydrogen) atoms. The molecule has 0 spiro atoms. The van der Waals surface area contributed by atoms with Gasteiger partial charge in [-0.1, -0.05) is 38.2 Å². The largest absolute Gasteiger partial charge is 0.497 e. The molecule has 0 radical (unpaired) electrons. The zero-order valence-electron chi connectivity index (χ0n) is 19.0. The number of aryl methyl sites for hydroxylation is 1. The van der Waals surface area contributed by atoms with E-state index in [0.29, 0.717) is 28.0 Å². The number of nitrogens with one attached hydrogen (secondary N) is 1. The minimum atomic E-state index is -0.292. The second-order valence-electron chi connectivity index (χ2n) is 8.57. The summed E-state index contributed by atoms with van der Waals surface area (Å²) >= 11 is 1.54. The van der Waals surface area contributed by atoms with E-state index in [0.717, 1.165) is 15.9 Å². The van der Waals surface area contributed by atoms with Gasteiger partial charge in [0.05, 0.1) is 30.1 Å². The lowest BCUT2D eigenvalue weighted by molar-refractivity contribution is 0.102. The Morgan fingerprint density at radius 3 is 2.34 bits per heavy atom. The third kappa shape index (κ3) is 4.31. The van der Waals surface area contributed by atoms with E-state index in [4.69, 9.17) is 14.5 Å². The number of nitrogens with zero attached hydrogens (tertiary/aromatic N) is 3. The highest BCUT2D eigenvalue weighted by Crippen LogP contribution is 2.32. The number of fused-ring (bicyclic) bond motifs is 1. The fraction of sp³-hybridized carbons (Fsp3) is 0.292. The van der Waals surface area contributed by atoms with Crippen LogP contribution in [0.15, 0.2) is 42.5 Å². The number of hydrogen-bond acceptors (Lipinski definition) is 6. The van der Waals surface area contributed by atoms with Gasteiger partial charge in [-0.15, -0.1) is 0 Å². The fourth-order valence-electron chi connectivity index (χ4n) is 3.33. The van der Waals surface area contributed by atoms with Crippen LogP contribution < -0.4 is 14.8 Å². The molecule has 0 aliphatic heterocycles. The van der Waals surface area contributed by atoms with Crippen LogP contribution in [0.3, 0.4) is 0 Å². The number of carbonyl (C=O) groups excluding carboxylic acids is 1. The fourth-order valence-corrected chi connectivity index (χ4v) is 4.30. The average Bonchev–Trinajstić information content (AvgIpc) is 3.34. The maximum atomic E-state index is 13.0. The minimum absolute atomic E-state index is 0.0531. The van der Waals surface area contributed by atoms with Crippen LogP contribution in [0.25, 0.3) is 15.3 Å². The van der Waals surface area contributed by atoms with Gasteiger partial charge in [0.15, 0.2) is 0 Å². The summed E-state index contributed by atoms with van der Waals surface area (Å²) in [6.07, 6.45) is 0. The maximum absolute atomic E-state index is 13.0. The van der Waals surface area contributed by atoms with Crippen molar-refractivity contribution in [3.05, 3.63) is 59.3 Å². The smallest absolute Gasteiger partial charge is 0.257 e. The third-order valence-corrected chi connectivity index (χ3v) is 6.10. The van der Waals surface area contributed by atoms with Crippen LogP contribution >= 0.6 is 11.3 Å². The molecule has 8 heteroatoms. The number of carbonyl (C=O) groups is 1. The van der Waals surface area contributed by atoms with Gasteiger partial charge >= 0.3 is 0 Å². The number of amides is 1. The Morgan fingerprint density at radius 2 is 1.72 bits per heavy atom. The van der Waals surface area contributed by atoms with Crippen molar-refractivity contribution in [2.45, 2.75) is 33.1 Å². The Morgan fingerprint density at radius 1 is 1.03 bits per heavy atom. The Hall–Kier alpha value is -3.39. The molecule has 166 valence electrons. The highest BCUT2D eigenvalue weighted by atomic mass is 32.1. The molecule has 0 saturated carbocycles. The first-order valence-electron chi connectivity index (χ1n) is 10.2. The van der Waals surface area contributed by atoms with Crippen LogP contribution in [0.1, 0.15) is 42.4 Å². The Bertz CT molecular complexity index is 1280. The summed E-state index contributed by atoms with van der Waals surface area (Å²) in [5.41, 5.74) is 3.40. The van der Waals surface area contributed by atoms with Crippen LogP contribution in [-0.4, -0.2) is 34.9 Å². The predicted octanol–water partition coefficient (Wildman–Crippen LogP) is 5.36. The molecule has 4 aromatic rings. The molecule has 2 aromatic carbocycles. The van der Waals surface area contributed by atoms with Crippen molar-refractivity contribution in [3.8, 4) is 16.6 Å². The number of rotatable bonds is 5. The quantitative estimate of drug-likeness (QED) is 0.443. The highest BCUT2D eigenvalue weighted by Gasteiger charge is 2.19. The summed E-state index contributed by atoms with van der Waals surface area (Å²) in [5, 5.41) is 8.20. The number of ether oxygens (including phenoxy) is 2. The summed E-state index contributed by atoms with van der Waals surface area (Å²) in [7, 11) is 3.10. The van der Waals surface area contributed by atoms with E-state index in [1.807, 2.05) is 19.1 Å². The summed E-state index contributed by atoms with van der Waals surface area (Å²) < 4.78 is 13.3. The Kier molecular flexibility index (Phi) is 5.64. The lowest BCUT2D eigenvalue weighted by Gasteiger charge is -2.18. The lowest BCUT2D eigenvalue weighted by Crippen LogP contribution is -2.15. The van der Waals surface area contributed by atoms with Gasteiger partial charge in [-0.05, 0) is 42.2 Å².